The van der Waals surface area contributed by atoms with E-state index in [0.717, 1.165) is 18.4 Å². The maximum atomic E-state index is 14.6. The summed E-state index contributed by atoms with van der Waals surface area (Å²) in [6.07, 6.45) is -3.79. The first kappa shape index (κ1) is 28.1. The summed E-state index contributed by atoms with van der Waals surface area (Å²) in [7, 11) is -2.36. The number of hydrogen-bond acceptors (Lipinski definition) is 6. The molecule has 0 saturated heterocycles. The van der Waals surface area contributed by atoms with E-state index in [2.05, 4.69) is 10.3 Å². The zero-order valence-electron chi connectivity index (χ0n) is 20.1. The largest absolute Gasteiger partial charge is 0.496 e. The Labute approximate surface area is 211 Å². The van der Waals surface area contributed by atoms with Crippen LogP contribution in [0.2, 0.25) is 0 Å². The first-order valence-corrected chi connectivity index (χ1v) is 12.9. The lowest BCUT2D eigenvalue weighted by molar-refractivity contribution is -0.141. The molecule has 0 aliphatic heterocycles. The van der Waals surface area contributed by atoms with Gasteiger partial charge in [-0.3, -0.25) is 4.79 Å². The monoisotopic (exact) mass is 539 g/mol. The minimum atomic E-state index is -4.68. The molecule has 0 spiro atoms. The standard InChI is InChI=1S/C25H25F4N3O4S/c1-14(15-8-10-17(19(26)12-15)23(30)37(3,34)35)24(33)31-13-16-9-11-21(25(27,28)29)32-22(16)18-6-4-5-7-20(18)36-2/h4-12,14,23H,13,30H2,1-3H3,(H,31,33). The van der Waals surface area contributed by atoms with Crippen molar-refractivity contribution in [2.75, 3.05) is 13.4 Å². The molecule has 0 fully saturated rings. The Morgan fingerprint density at radius 2 is 1.81 bits per heavy atom. The van der Waals surface area contributed by atoms with Crippen LogP contribution >= 0.6 is 0 Å². The number of aromatic nitrogens is 1. The van der Waals surface area contributed by atoms with Gasteiger partial charge >= 0.3 is 6.18 Å². The van der Waals surface area contributed by atoms with Gasteiger partial charge < -0.3 is 15.8 Å². The molecule has 1 heterocycles. The highest BCUT2D eigenvalue weighted by Gasteiger charge is 2.33. The predicted molar refractivity (Wildman–Crippen MR) is 130 cm³/mol. The van der Waals surface area contributed by atoms with E-state index in [1.165, 1.54) is 32.2 Å². The number of nitrogens with one attached hydrogen (secondary N) is 1. The van der Waals surface area contributed by atoms with Crippen molar-refractivity contribution in [3.63, 3.8) is 0 Å². The molecule has 1 aromatic heterocycles. The quantitative estimate of drug-likeness (QED) is 0.412. The van der Waals surface area contributed by atoms with Crippen molar-refractivity contribution >= 4 is 15.7 Å². The summed E-state index contributed by atoms with van der Waals surface area (Å²) in [5.74, 6) is -1.97. The van der Waals surface area contributed by atoms with Crippen molar-refractivity contribution in [2.45, 2.75) is 30.9 Å². The fourth-order valence-electron chi connectivity index (χ4n) is 3.62. The van der Waals surface area contributed by atoms with E-state index in [4.69, 9.17) is 10.5 Å². The topological polar surface area (TPSA) is 111 Å². The van der Waals surface area contributed by atoms with Gasteiger partial charge in [-0.15, -0.1) is 0 Å². The lowest BCUT2D eigenvalue weighted by atomic mass is 9.98. The average molecular weight is 540 g/mol. The molecule has 1 amide bonds. The Morgan fingerprint density at radius 1 is 1.14 bits per heavy atom. The van der Waals surface area contributed by atoms with Gasteiger partial charge in [0, 0.05) is 23.9 Å². The minimum absolute atomic E-state index is 0.00890. The molecule has 37 heavy (non-hydrogen) atoms. The van der Waals surface area contributed by atoms with Crippen LogP contribution in [-0.2, 0) is 27.4 Å². The lowest BCUT2D eigenvalue weighted by Gasteiger charge is -2.18. The van der Waals surface area contributed by atoms with Gasteiger partial charge in [0.15, 0.2) is 9.84 Å². The van der Waals surface area contributed by atoms with E-state index in [0.29, 0.717) is 16.9 Å². The van der Waals surface area contributed by atoms with Crippen LogP contribution in [-0.4, -0.2) is 32.7 Å². The van der Waals surface area contributed by atoms with Crippen molar-refractivity contribution in [2.24, 2.45) is 5.73 Å². The number of hydrogen-bond donors (Lipinski definition) is 2. The summed E-state index contributed by atoms with van der Waals surface area (Å²) in [5.41, 5.74) is 5.14. The molecule has 0 bridgehead atoms. The number of sulfone groups is 1. The molecule has 3 rings (SSSR count). The van der Waals surface area contributed by atoms with E-state index in [1.807, 2.05) is 0 Å². The Hall–Kier alpha value is -3.51. The molecule has 12 heteroatoms. The van der Waals surface area contributed by atoms with Crippen LogP contribution in [0, 0.1) is 5.82 Å². The summed E-state index contributed by atoms with van der Waals surface area (Å²) in [6.45, 7) is 1.34. The van der Waals surface area contributed by atoms with E-state index in [9.17, 15) is 30.8 Å². The van der Waals surface area contributed by atoms with Gasteiger partial charge in [0.2, 0.25) is 5.91 Å². The number of ether oxygens (including phenoxy) is 1. The van der Waals surface area contributed by atoms with Gasteiger partial charge in [-0.05, 0) is 42.3 Å². The number of nitrogens with zero attached hydrogens (tertiary/aromatic N) is 1. The van der Waals surface area contributed by atoms with Crippen LogP contribution in [0.25, 0.3) is 11.3 Å². The normalized spacial score (nSPS) is 13.6. The highest BCUT2D eigenvalue weighted by Crippen LogP contribution is 2.35. The molecule has 0 aliphatic carbocycles. The second-order valence-electron chi connectivity index (χ2n) is 8.37. The fourth-order valence-corrected chi connectivity index (χ4v) is 4.28. The molecule has 7 nitrogen and oxygen atoms in total. The number of pyridine rings is 1. The van der Waals surface area contributed by atoms with Gasteiger partial charge in [-0.2, -0.15) is 13.2 Å². The van der Waals surface area contributed by atoms with Crippen molar-refractivity contribution in [1.82, 2.24) is 10.3 Å². The first-order chi connectivity index (χ1) is 17.2. The van der Waals surface area contributed by atoms with Crippen molar-refractivity contribution < 1.29 is 35.5 Å². The van der Waals surface area contributed by atoms with Gasteiger partial charge in [0.1, 0.15) is 22.6 Å². The Balaban J connectivity index is 1.86. The van der Waals surface area contributed by atoms with Crippen molar-refractivity contribution in [3.8, 4) is 17.0 Å². The lowest BCUT2D eigenvalue weighted by Crippen LogP contribution is -2.28. The summed E-state index contributed by atoms with van der Waals surface area (Å²) in [5, 5.41) is 1.09. The van der Waals surface area contributed by atoms with Crippen molar-refractivity contribution in [3.05, 3.63) is 82.8 Å². The van der Waals surface area contributed by atoms with Crippen LogP contribution in [0.1, 0.15) is 40.6 Å². The number of carbonyl (C=O) groups excluding carboxylic acids is 1. The van der Waals surface area contributed by atoms with Gasteiger partial charge in [-0.1, -0.05) is 30.3 Å². The third-order valence-corrected chi connectivity index (χ3v) is 6.95. The number of nitrogens with two attached hydrogens (primary N) is 1. The van der Waals surface area contributed by atoms with Gasteiger partial charge in [0.25, 0.3) is 0 Å². The first-order valence-electron chi connectivity index (χ1n) is 11.0. The fraction of sp³-hybridized carbons (Fsp3) is 0.280. The van der Waals surface area contributed by atoms with E-state index in [1.54, 1.807) is 24.3 Å². The molecule has 0 radical (unpaired) electrons. The highest BCUT2D eigenvalue weighted by molar-refractivity contribution is 7.90. The third kappa shape index (κ3) is 6.44. The van der Waals surface area contributed by atoms with Crippen LogP contribution in [0.15, 0.2) is 54.6 Å². The summed E-state index contributed by atoms with van der Waals surface area (Å²) in [4.78, 5) is 16.6. The van der Waals surface area contributed by atoms with Crippen molar-refractivity contribution in [1.29, 1.82) is 0 Å². The molecule has 0 aliphatic rings. The summed E-state index contributed by atoms with van der Waals surface area (Å²) >= 11 is 0. The number of alkyl halides is 3. The zero-order valence-corrected chi connectivity index (χ0v) is 21.0. The third-order valence-electron chi connectivity index (χ3n) is 5.77. The highest BCUT2D eigenvalue weighted by atomic mass is 32.2. The SMILES string of the molecule is COc1ccccc1-c1nc(C(F)(F)F)ccc1CNC(=O)C(C)c1ccc(C(N)S(C)(=O)=O)c(F)c1. The minimum Gasteiger partial charge on any atom is -0.496 e. The number of methoxy groups -OCH3 is 1. The molecular formula is C25H25F4N3O4S. The number of carbonyl (C=O) groups is 1. The molecule has 3 aromatic rings. The molecule has 2 unspecified atom stereocenters. The smallest absolute Gasteiger partial charge is 0.433 e. The number of halogens is 4. The molecule has 198 valence electrons. The maximum Gasteiger partial charge on any atom is 0.433 e. The zero-order chi connectivity index (χ0) is 27.5. The summed E-state index contributed by atoms with van der Waals surface area (Å²) in [6, 6.07) is 12.1. The maximum absolute atomic E-state index is 14.6. The second kappa shape index (κ2) is 10.9. The Kier molecular flexibility index (Phi) is 8.23. The molecule has 2 aromatic carbocycles. The second-order valence-corrected chi connectivity index (χ2v) is 10.5. The van der Waals surface area contributed by atoms with E-state index >= 15 is 0 Å². The Morgan fingerprint density at radius 3 is 2.41 bits per heavy atom. The van der Waals surface area contributed by atoms with Crippen LogP contribution in [0.3, 0.4) is 0 Å². The van der Waals surface area contributed by atoms with Crippen LogP contribution in [0.5, 0.6) is 5.75 Å². The number of rotatable bonds is 8. The molecular weight excluding hydrogens is 514 g/mol. The van der Waals surface area contributed by atoms with E-state index in [-0.39, 0.29) is 23.4 Å². The van der Waals surface area contributed by atoms with Crippen LogP contribution in [0.4, 0.5) is 17.6 Å². The number of amides is 1. The van der Waals surface area contributed by atoms with Gasteiger partial charge in [-0.25, -0.2) is 17.8 Å². The molecule has 0 saturated carbocycles. The van der Waals surface area contributed by atoms with Crippen LogP contribution < -0.4 is 15.8 Å². The summed E-state index contributed by atoms with van der Waals surface area (Å²) < 4.78 is 83.2. The van der Waals surface area contributed by atoms with E-state index < -0.39 is 44.7 Å². The molecule has 2 atom stereocenters. The number of para-hydroxylation sites is 1. The Bertz CT molecular complexity index is 1410. The predicted octanol–water partition coefficient (Wildman–Crippen LogP) is 4.34. The number of benzene rings is 2. The molecule has 3 N–H and O–H groups in total. The van der Waals surface area contributed by atoms with Gasteiger partial charge in [0.05, 0.1) is 18.7 Å². The average Bonchev–Trinajstić information content (AvgIpc) is 2.85.